The van der Waals surface area contributed by atoms with Crippen LogP contribution in [0.4, 0.5) is 5.69 Å². The lowest BCUT2D eigenvalue weighted by Crippen LogP contribution is -2.36. The van der Waals surface area contributed by atoms with Crippen molar-refractivity contribution >= 4 is 5.69 Å². The number of hydrogen-bond donors (Lipinski definition) is 1. The molecule has 0 saturated heterocycles. The largest absolute Gasteiger partial charge is 0.487 e. The Morgan fingerprint density at radius 1 is 1.29 bits per heavy atom. The number of hydrogen-bond acceptors (Lipinski definition) is 3. The van der Waals surface area contributed by atoms with Crippen LogP contribution in [-0.4, -0.2) is 36.7 Å². The lowest BCUT2D eigenvalue weighted by Gasteiger charge is -2.29. The monoisotopic (exact) mass is 290 g/mol. The van der Waals surface area contributed by atoms with Gasteiger partial charge in [0.25, 0.3) is 0 Å². The first-order valence-corrected chi connectivity index (χ1v) is 8.41. The molecule has 1 aliphatic rings. The third-order valence-electron chi connectivity index (χ3n) is 4.13. The van der Waals surface area contributed by atoms with Gasteiger partial charge in [-0.15, -0.1) is 0 Å². The van der Waals surface area contributed by atoms with E-state index in [4.69, 9.17) is 4.74 Å². The topological polar surface area (TPSA) is 24.5 Å². The van der Waals surface area contributed by atoms with Gasteiger partial charge in [-0.3, -0.25) is 0 Å². The Morgan fingerprint density at radius 2 is 2.00 bits per heavy atom. The molecule has 21 heavy (non-hydrogen) atoms. The van der Waals surface area contributed by atoms with Gasteiger partial charge in [0.15, 0.2) is 0 Å². The second-order valence-corrected chi connectivity index (χ2v) is 6.23. The zero-order valence-corrected chi connectivity index (χ0v) is 14.0. The normalized spacial score (nSPS) is 18.8. The van der Waals surface area contributed by atoms with Crippen LogP contribution in [0, 0.1) is 0 Å². The number of nitrogens with zero attached hydrogens (tertiary/aromatic N) is 1. The second-order valence-electron chi connectivity index (χ2n) is 6.23. The molecule has 0 spiro atoms. The van der Waals surface area contributed by atoms with E-state index in [2.05, 4.69) is 56.1 Å². The molecule has 3 heteroatoms. The Hall–Kier alpha value is -1.22. The Bertz CT molecular complexity index is 441. The summed E-state index contributed by atoms with van der Waals surface area (Å²) in [6.45, 7) is 12.2. The standard InChI is InChI=1S/C18H30N2O/c1-5-9-20(10-6-2)14(3)11-16-7-8-18-17(12-16)19-13-15(4)21-18/h7-8,12,14-15,19H,5-6,9-11,13H2,1-4H3. The van der Waals surface area contributed by atoms with Gasteiger partial charge in [0.05, 0.1) is 12.2 Å². The maximum Gasteiger partial charge on any atom is 0.142 e. The summed E-state index contributed by atoms with van der Waals surface area (Å²) in [7, 11) is 0. The second kappa shape index (κ2) is 7.69. The molecule has 1 aromatic rings. The van der Waals surface area contributed by atoms with Gasteiger partial charge in [-0.25, -0.2) is 0 Å². The predicted octanol–water partition coefficient (Wildman–Crippen LogP) is 3.93. The fourth-order valence-electron chi connectivity index (χ4n) is 3.05. The molecular weight excluding hydrogens is 260 g/mol. The molecule has 2 atom stereocenters. The van der Waals surface area contributed by atoms with Crippen LogP contribution in [0.25, 0.3) is 0 Å². The molecule has 0 fully saturated rings. The number of nitrogens with one attached hydrogen (secondary N) is 1. The van der Waals surface area contributed by atoms with Gasteiger partial charge >= 0.3 is 0 Å². The van der Waals surface area contributed by atoms with Crippen LogP contribution in [0.1, 0.15) is 46.1 Å². The molecule has 0 radical (unpaired) electrons. The van der Waals surface area contributed by atoms with Crippen molar-refractivity contribution in [2.45, 2.75) is 59.1 Å². The SMILES string of the molecule is CCCN(CCC)C(C)Cc1ccc2c(c1)NCC(C)O2. The molecule has 0 bridgehead atoms. The third kappa shape index (κ3) is 4.37. The molecule has 1 aromatic carbocycles. The van der Waals surface area contributed by atoms with Crippen molar-refractivity contribution in [1.29, 1.82) is 0 Å². The third-order valence-corrected chi connectivity index (χ3v) is 4.13. The minimum absolute atomic E-state index is 0.256. The van der Waals surface area contributed by atoms with Gasteiger partial charge in [-0.1, -0.05) is 19.9 Å². The Balaban J connectivity index is 2.02. The van der Waals surface area contributed by atoms with E-state index < -0.39 is 0 Å². The molecule has 1 heterocycles. The van der Waals surface area contributed by atoms with Gasteiger partial charge in [0.2, 0.25) is 0 Å². The van der Waals surface area contributed by atoms with Crippen molar-refractivity contribution in [3.05, 3.63) is 23.8 Å². The summed E-state index contributed by atoms with van der Waals surface area (Å²) < 4.78 is 5.84. The summed E-state index contributed by atoms with van der Waals surface area (Å²) in [4.78, 5) is 2.60. The summed E-state index contributed by atoms with van der Waals surface area (Å²) in [6, 6.07) is 7.18. The first-order valence-electron chi connectivity index (χ1n) is 8.41. The van der Waals surface area contributed by atoms with E-state index in [0.29, 0.717) is 6.04 Å². The van der Waals surface area contributed by atoms with E-state index in [9.17, 15) is 0 Å². The average Bonchev–Trinajstić information content (AvgIpc) is 2.47. The first-order chi connectivity index (χ1) is 10.1. The Labute approximate surface area is 129 Å². The van der Waals surface area contributed by atoms with Crippen molar-refractivity contribution in [3.63, 3.8) is 0 Å². The first kappa shape index (κ1) is 16.2. The van der Waals surface area contributed by atoms with Gasteiger partial charge < -0.3 is 15.0 Å². The maximum absolute atomic E-state index is 5.84. The lowest BCUT2D eigenvalue weighted by atomic mass is 10.0. The molecule has 1 N–H and O–H groups in total. The summed E-state index contributed by atoms with van der Waals surface area (Å²) in [5.74, 6) is 0.990. The van der Waals surface area contributed by atoms with Gasteiger partial charge in [-0.05, 0) is 63.9 Å². The highest BCUT2D eigenvalue weighted by Crippen LogP contribution is 2.30. The number of fused-ring (bicyclic) bond motifs is 1. The predicted molar refractivity (Wildman–Crippen MR) is 90.3 cm³/mol. The van der Waals surface area contributed by atoms with E-state index in [1.165, 1.54) is 31.5 Å². The summed E-state index contributed by atoms with van der Waals surface area (Å²) in [6.07, 6.45) is 3.81. The van der Waals surface area contributed by atoms with Crippen LogP contribution in [0.3, 0.4) is 0 Å². The number of anilines is 1. The summed E-state index contributed by atoms with van der Waals surface area (Å²) >= 11 is 0. The zero-order valence-electron chi connectivity index (χ0n) is 14.0. The Morgan fingerprint density at radius 3 is 2.67 bits per heavy atom. The highest BCUT2D eigenvalue weighted by atomic mass is 16.5. The molecule has 1 aliphatic heterocycles. The van der Waals surface area contributed by atoms with E-state index in [1.54, 1.807) is 0 Å². The van der Waals surface area contributed by atoms with Gasteiger partial charge in [0, 0.05) is 6.04 Å². The van der Waals surface area contributed by atoms with Crippen LogP contribution >= 0.6 is 0 Å². The van der Waals surface area contributed by atoms with Gasteiger partial charge in [-0.2, -0.15) is 0 Å². The summed E-state index contributed by atoms with van der Waals surface area (Å²) in [5, 5.41) is 3.47. The van der Waals surface area contributed by atoms with Crippen molar-refractivity contribution in [2.24, 2.45) is 0 Å². The van der Waals surface area contributed by atoms with Crippen LogP contribution in [0.5, 0.6) is 5.75 Å². The molecule has 2 unspecified atom stereocenters. The maximum atomic E-state index is 5.84. The highest BCUT2D eigenvalue weighted by molar-refractivity contribution is 5.59. The average molecular weight is 290 g/mol. The van der Waals surface area contributed by atoms with E-state index in [-0.39, 0.29) is 6.10 Å². The quantitative estimate of drug-likeness (QED) is 0.823. The molecule has 0 aromatic heterocycles. The zero-order chi connectivity index (χ0) is 15.2. The number of benzene rings is 1. The lowest BCUT2D eigenvalue weighted by molar-refractivity contribution is 0.207. The highest BCUT2D eigenvalue weighted by Gasteiger charge is 2.17. The number of ether oxygens (including phenoxy) is 1. The van der Waals surface area contributed by atoms with Crippen LogP contribution in [0.15, 0.2) is 18.2 Å². The van der Waals surface area contributed by atoms with Crippen molar-refractivity contribution in [3.8, 4) is 5.75 Å². The van der Waals surface area contributed by atoms with Crippen molar-refractivity contribution < 1.29 is 4.74 Å². The summed E-state index contributed by atoms with van der Waals surface area (Å²) in [5.41, 5.74) is 2.54. The minimum Gasteiger partial charge on any atom is -0.487 e. The number of rotatable bonds is 7. The van der Waals surface area contributed by atoms with E-state index >= 15 is 0 Å². The minimum atomic E-state index is 0.256. The molecule has 0 saturated carbocycles. The van der Waals surface area contributed by atoms with E-state index in [1.807, 2.05) is 0 Å². The van der Waals surface area contributed by atoms with Crippen LogP contribution < -0.4 is 10.1 Å². The molecular formula is C18H30N2O. The fraction of sp³-hybridized carbons (Fsp3) is 0.667. The fourth-order valence-corrected chi connectivity index (χ4v) is 3.05. The van der Waals surface area contributed by atoms with Crippen LogP contribution in [-0.2, 0) is 6.42 Å². The Kier molecular flexibility index (Phi) is 5.92. The van der Waals surface area contributed by atoms with E-state index in [0.717, 1.165) is 24.4 Å². The van der Waals surface area contributed by atoms with Crippen molar-refractivity contribution in [1.82, 2.24) is 4.90 Å². The van der Waals surface area contributed by atoms with Crippen LogP contribution in [0.2, 0.25) is 0 Å². The molecule has 0 aliphatic carbocycles. The molecule has 0 amide bonds. The molecule has 2 rings (SSSR count). The van der Waals surface area contributed by atoms with Gasteiger partial charge in [0.1, 0.15) is 11.9 Å². The smallest absolute Gasteiger partial charge is 0.142 e. The molecule has 118 valence electrons. The molecule has 3 nitrogen and oxygen atoms in total. The van der Waals surface area contributed by atoms with Crippen molar-refractivity contribution in [2.75, 3.05) is 25.0 Å².